The Hall–Kier alpha value is -4.82. The molecule has 0 saturated heterocycles. The highest BCUT2D eigenvalue weighted by atomic mass is 16.3. The number of rotatable bonds is 2. The topological polar surface area (TPSA) is 26.3 Å². The second-order valence-corrected chi connectivity index (χ2v) is 8.31. The van der Waals surface area contributed by atoms with Crippen molar-refractivity contribution >= 4 is 54.5 Å². The molecule has 2 heterocycles. The highest BCUT2D eigenvalue weighted by Crippen LogP contribution is 2.49. The molecule has 0 radical (unpaired) electrons. The number of para-hydroxylation sites is 1. The van der Waals surface area contributed by atoms with Crippen molar-refractivity contribution in [2.24, 2.45) is 0 Å². The lowest BCUT2D eigenvalue weighted by molar-refractivity contribution is 0.617. The molecule has 0 atom stereocenters. The van der Waals surface area contributed by atoms with Crippen LogP contribution in [-0.2, 0) is 0 Å². The summed E-state index contributed by atoms with van der Waals surface area (Å²) < 4.78 is 127. The number of benzene rings is 6. The van der Waals surface area contributed by atoms with Gasteiger partial charge in [-0.25, -0.2) is 0 Å². The molecule has 2 aromatic heterocycles. The van der Waals surface area contributed by atoms with Crippen LogP contribution in [0.25, 0.3) is 76.7 Å². The van der Waals surface area contributed by atoms with Crippen molar-refractivity contribution in [2.75, 3.05) is 0 Å². The zero-order valence-electron chi connectivity index (χ0n) is 31.4. The van der Waals surface area contributed by atoms with E-state index < -0.39 is 84.1 Å². The summed E-state index contributed by atoms with van der Waals surface area (Å²) >= 11 is 0. The van der Waals surface area contributed by atoms with Crippen molar-refractivity contribution in [3.05, 3.63) is 121 Å². The van der Waals surface area contributed by atoms with Crippen LogP contribution in [0.4, 0.5) is 0 Å². The minimum absolute atomic E-state index is 0.0165. The van der Waals surface area contributed by atoms with E-state index in [0.717, 1.165) is 0 Å². The summed E-state index contributed by atoms with van der Waals surface area (Å²) in [6.45, 7) is 0. The van der Waals surface area contributed by atoms with Gasteiger partial charge in [0.2, 0.25) is 0 Å². The van der Waals surface area contributed by atoms with Crippen LogP contribution in [-0.4, -0.2) is 0 Å². The molecule has 0 saturated carbocycles. The van der Waals surface area contributed by atoms with E-state index in [-0.39, 0.29) is 43.8 Å². The van der Waals surface area contributed by atoms with Crippen molar-refractivity contribution < 1.29 is 26.7 Å². The molecule has 6 aromatic carbocycles. The van der Waals surface area contributed by atoms with Crippen LogP contribution in [0.5, 0.6) is 0 Å². The predicted octanol–water partition coefficient (Wildman–Crippen LogP) is 9.97. The minimum Gasteiger partial charge on any atom is -0.464 e. The van der Waals surface area contributed by atoms with Gasteiger partial charge in [-0.1, -0.05) is 96.8 Å². The standard InChI is InChI=1S/C34H20O2/c1-2-10-21(11-3-1)30-23-12-4-6-14-25(23)31(26-15-7-5-13-24(26)30)33-32-27-16-8-9-17-28(27)36-29(32)20-22-18-19-35-34(22)33/h1-20H/i1D,2D,3D,4D,5D,6D,7D,10D,11D,12D,13D,14D,15D. The first-order valence-corrected chi connectivity index (χ1v) is 11.1. The van der Waals surface area contributed by atoms with E-state index in [1.807, 2.05) is 0 Å². The Morgan fingerprint density at radius 1 is 0.556 bits per heavy atom. The lowest BCUT2D eigenvalue weighted by atomic mass is 9.84. The lowest BCUT2D eigenvalue weighted by Crippen LogP contribution is -1.91. The molecule has 2 heteroatoms. The van der Waals surface area contributed by atoms with Crippen LogP contribution in [0.15, 0.2) is 130 Å². The molecule has 0 unspecified atom stereocenters. The van der Waals surface area contributed by atoms with E-state index in [2.05, 4.69) is 0 Å². The molecule has 0 spiro atoms. The first-order chi connectivity index (χ1) is 23.3. The molecule has 36 heavy (non-hydrogen) atoms. The molecule has 168 valence electrons. The third-order valence-electron chi connectivity index (χ3n) is 6.46. The summed E-state index contributed by atoms with van der Waals surface area (Å²) in [5, 5.41) is 0.628. The molecule has 8 aromatic rings. The second kappa shape index (κ2) is 7.34. The zero-order chi connectivity index (χ0) is 35.0. The minimum atomic E-state index is -0.727. The maximum Gasteiger partial charge on any atom is 0.142 e. The van der Waals surface area contributed by atoms with Gasteiger partial charge in [-0.15, -0.1) is 0 Å². The fourth-order valence-corrected chi connectivity index (χ4v) is 5.05. The van der Waals surface area contributed by atoms with E-state index in [4.69, 9.17) is 21.2 Å². The number of hydrogen-bond acceptors (Lipinski definition) is 2. The summed E-state index contributed by atoms with van der Waals surface area (Å²) in [7, 11) is 0. The van der Waals surface area contributed by atoms with Crippen molar-refractivity contribution in [2.45, 2.75) is 0 Å². The first kappa shape index (κ1) is 10.8. The van der Waals surface area contributed by atoms with Crippen molar-refractivity contribution in [3.8, 4) is 22.3 Å². The van der Waals surface area contributed by atoms with Gasteiger partial charge in [0.15, 0.2) is 0 Å². The summed E-state index contributed by atoms with van der Waals surface area (Å²) in [5.41, 5.74) is 0.513. The van der Waals surface area contributed by atoms with Crippen LogP contribution >= 0.6 is 0 Å². The van der Waals surface area contributed by atoms with Gasteiger partial charge in [-0.2, -0.15) is 0 Å². The van der Waals surface area contributed by atoms with E-state index in [0.29, 0.717) is 27.3 Å². The third kappa shape index (κ3) is 2.61. The van der Waals surface area contributed by atoms with Gasteiger partial charge in [-0.3, -0.25) is 0 Å². The Labute approximate surface area is 225 Å². The Balaban J connectivity index is 1.81. The molecular formula is C34H20O2. The zero-order valence-corrected chi connectivity index (χ0v) is 18.4. The van der Waals surface area contributed by atoms with E-state index >= 15 is 0 Å². The fourth-order valence-electron chi connectivity index (χ4n) is 5.05. The van der Waals surface area contributed by atoms with Crippen LogP contribution in [0.2, 0.25) is 0 Å². The largest absolute Gasteiger partial charge is 0.464 e. The van der Waals surface area contributed by atoms with Crippen molar-refractivity contribution in [3.63, 3.8) is 0 Å². The van der Waals surface area contributed by atoms with Gasteiger partial charge in [0, 0.05) is 27.3 Å². The van der Waals surface area contributed by atoms with E-state index in [9.17, 15) is 5.48 Å². The molecule has 0 aliphatic rings. The molecule has 8 rings (SSSR count). The van der Waals surface area contributed by atoms with Gasteiger partial charge in [0.25, 0.3) is 0 Å². The molecule has 0 N–H and O–H groups in total. The van der Waals surface area contributed by atoms with Crippen LogP contribution in [0.3, 0.4) is 0 Å². The summed E-state index contributed by atoms with van der Waals surface area (Å²) in [5.74, 6) is 0. The third-order valence-corrected chi connectivity index (χ3v) is 6.46. The van der Waals surface area contributed by atoms with Gasteiger partial charge in [0.05, 0.1) is 24.1 Å². The summed E-state index contributed by atoms with van der Waals surface area (Å²) in [4.78, 5) is 0. The number of fused-ring (bicyclic) bond motifs is 6. The number of furan rings is 2. The predicted molar refractivity (Wildman–Crippen MR) is 149 cm³/mol. The Morgan fingerprint density at radius 3 is 1.92 bits per heavy atom. The van der Waals surface area contributed by atoms with E-state index in [1.54, 1.807) is 36.4 Å². The Bertz CT molecular complexity index is 2710. The van der Waals surface area contributed by atoms with Crippen LogP contribution in [0.1, 0.15) is 17.8 Å². The summed E-state index contributed by atoms with van der Waals surface area (Å²) in [6.07, 6.45) is 1.42. The molecule has 2 nitrogen and oxygen atoms in total. The lowest BCUT2D eigenvalue weighted by Gasteiger charge is -2.18. The quantitative estimate of drug-likeness (QED) is 0.233. The maximum atomic E-state index is 9.27. The normalized spacial score (nSPS) is 16.9. The average Bonchev–Trinajstić information content (AvgIpc) is 3.72. The Morgan fingerprint density at radius 2 is 1.19 bits per heavy atom. The monoisotopic (exact) mass is 473 g/mol. The molecular weight excluding hydrogens is 440 g/mol. The molecule has 0 amide bonds. The molecule has 0 fully saturated rings. The van der Waals surface area contributed by atoms with Gasteiger partial charge >= 0.3 is 0 Å². The Kier molecular flexibility index (Phi) is 2.21. The highest BCUT2D eigenvalue weighted by molar-refractivity contribution is 6.29. The van der Waals surface area contributed by atoms with Gasteiger partial charge < -0.3 is 8.83 Å². The number of hydrogen-bond donors (Lipinski definition) is 0. The van der Waals surface area contributed by atoms with Gasteiger partial charge in [0.1, 0.15) is 16.7 Å². The first-order valence-electron chi connectivity index (χ1n) is 17.6. The molecule has 0 aliphatic heterocycles. The molecule has 0 aliphatic carbocycles. The highest BCUT2D eigenvalue weighted by Gasteiger charge is 2.23. The van der Waals surface area contributed by atoms with Crippen LogP contribution < -0.4 is 0 Å². The maximum absolute atomic E-state index is 9.27. The van der Waals surface area contributed by atoms with Gasteiger partial charge in [-0.05, 0) is 50.9 Å². The SMILES string of the molecule is [2H]c1c([2H])c([2H])c(-c2c3c([2H])c([2H])c([2H])c([2H])c3c(-c3c4occc4cc4oc5ccccc5c34)c3c([2H])c([2H])c([2H])c([2H])c23)c([2H])c1[2H]. The summed E-state index contributed by atoms with van der Waals surface area (Å²) in [6, 6.07) is 1.85. The van der Waals surface area contributed by atoms with Crippen molar-refractivity contribution in [1.82, 2.24) is 0 Å². The molecule has 0 bridgehead atoms. The van der Waals surface area contributed by atoms with Crippen molar-refractivity contribution in [1.29, 1.82) is 0 Å². The average molecular weight is 474 g/mol. The van der Waals surface area contributed by atoms with Crippen LogP contribution in [0, 0.1) is 0 Å². The smallest absolute Gasteiger partial charge is 0.142 e. The fraction of sp³-hybridized carbons (Fsp3) is 0. The van der Waals surface area contributed by atoms with E-state index in [1.165, 1.54) is 6.26 Å². The second-order valence-electron chi connectivity index (χ2n) is 8.31.